The molecular formula is C12H18N2O4. The van der Waals surface area contributed by atoms with Crippen molar-refractivity contribution in [1.29, 1.82) is 0 Å². The van der Waals surface area contributed by atoms with E-state index >= 15 is 0 Å². The van der Waals surface area contributed by atoms with Crippen LogP contribution in [-0.4, -0.2) is 53.8 Å². The molecule has 1 unspecified atom stereocenters. The zero-order chi connectivity index (χ0) is 13.2. The molecular weight excluding hydrogens is 236 g/mol. The van der Waals surface area contributed by atoms with E-state index in [0.29, 0.717) is 26.1 Å². The monoisotopic (exact) mass is 254 g/mol. The zero-order valence-electron chi connectivity index (χ0n) is 10.4. The number of hydrogen-bond acceptors (Lipinski definition) is 3. The Morgan fingerprint density at radius 1 is 1.56 bits per heavy atom. The molecule has 0 aromatic heterocycles. The molecule has 2 N–H and O–H groups in total. The quantitative estimate of drug-likeness (QED) is 0.707. The minimum atomic E-state index is -1.26. The number of carbonyl (C=O) groups excluding carboxylic acids is 1. The van der Waals surface area contributed by atoms with Crippen LogP contribution in [0.25, 0.3) is 0 Å². The van der Waals surface area contributed by atoms with Crippen LogP contribution >= 0.6 is 0 Å². The van der Waals surface area contributed by atoms with Crippen LogP contribution in [0.3, 0.4) is 0 Å². The Hall–Kier alpha value is -1.56. The molecule has 2 heterocycles. The summed E-state index contributed by atoms with van der Waals surface area (Å²) in [6.45, 7) is 3.55. The van der Waals surface area contributed by atoms with Crippen molar-refractivity contribution in [3.8, 4) is 0 Å². The van der Waals surface area contributed by atoms with Gasteiger partial charge in [-0.05, 0) is 13.3 Å². The molecule has 0 aromatic rings. The van der Waals surface area contributed by atoms with Crippen molar-refractivity contribution in [2.24, 2.45) is 0 Å². The first-order chi connectivity index (χ1) is 8.53. The van der Waals surface area contributed by atoms with E-state index in [1.807, 2.05) is 6.92 Å². The Morgan fingerprint density at radius 3 is 2.89 bits per heavy atom. The molecule has 0 bridgehead atoms. The van der Waals surface area contributed by atoms with Gasteiger partial charge in [0.05, 0.1) is 6.61 Å². The van der Waals surface area contributed by atoms with Crippen molar-refractivity contribution in [2.75, 3.05) is 26.3 Å². The number of nitrogens with one attached hydrogen (secondary N) is 1. The van der Waals surface area contributed by atoms with Crippen molar-refractivity contribution in [3.05, 3.63) is 11.6 Å². The molecule has 1 fully saturated rings. The lowest BCUT2D eigenvalue weighted by atomic mass is 9.99. The minimum Gasteiger partial charge on any atom is -0.479 e. The molecule has 6 heteroatoms. The van der Waals surface area contributed by atoms with Gasteiger partial charge >= 0.3 is 12.0 Å². The summed E-state index contributed by atoms with van der Waals surface area (Å²) in [6.07, 6.45) is 3.22. The Kier molecular flexibility index (Phi) is 3.56. The van der Waals surface area contributed by atoms with Crippen molar-refractivity contribution >= 4 is 12.0 Å². The maximum atomic E-state index is 12.1. The Bertz CT molecular complexity index is 386. The summed E-state index contributed by atoms with van der Waals surface area (Å²) in [5.41, 5.74) is -0.130. The molecule has 2 aliphatic rings. The summed E-state index contributed by atoms with van der Waals surface area (Å²) in [5, 5.41) is 11.9. The second kappa shape index (κ2) is 4.97. The molecule has 1 saturated heterocycles. The van der Waals surface area contributed by atoms with E-state index in [4.69, 9.17) is 4.74 Å². The standard InChI is InChI=1S/C12H18N2O4/c1-9-3-2-5-14(7-9)11(17)13-12(10(15)16)4-6-18-8-12/h3H,2,4-8H2,1H3,(H,13,17)(H,15,16). The topological polar surface area (TPSA) is 78.9 Å². The second-order valence-electron chi connectivity index (χ2n) is 4.88. The number of carbonyl (C=O) groups is 2. The maximum Gasteiger partial charge on any atom is 0.332 e. The Labute approximate surface area is 106 Å². The fourth-order valence-corrected chi connectivity index (χ4v) is 2.25. The highest BCUT2D eigenvalue weighted by Gasteiger charge is 2.44. The first kappa shape index (κ1) is 12.9. The van der Waals surface area contributed by atoms with Gasteiger partial charge in [-0.2, -0.15) is 0 Å². The first-order valence-electron chi connectivity index (χ1n) is 6.07. The van der Waals surface area contributed by atoms with Gasteiger partial charge in [0.15, 0.2) is 5.54 Å². The van der Waals surface area contributed by atoms with Crippen LogP contribution in [0.5, 0.6) is 0 Å². The minimum absolute atomic E-state index is 0.0384. The molecule has 0 aromatic carbocycles. The van der Waals surface area contributed by atoms with Crippen molar-refractivity contribution < 1.29 is 19.4 Å². The van der Waals surface area contributed by atoms with Gasteiger partial charge in [-0.25, -0.2) is 9.59 Å². The van der Waals surface area contributed by atoms with Crippen LogP contribution in [0.4, 0.5) is 4.79 Å². The second-order valence-corrected chi connectivity index (χ2v) is 4.88. The third-order valence-corrected chi connectivity index (χ3v) is 3.40. The lowest BCUT2D eigenvalue weighted by Gasteiger charge is -2.31. The van der Waals surface area contributed by atoms with Crippen LogP contribution in [-0.2, 0) is 9.53 Å². The van der Waals surface area contributed by atoms with Crippen LogP contribution < -0.4 is 5.32 Å². The number of rotatable bonds is 2. The molecule has 6 nitrogen and oxygen atoms in total. The Morgan fingerprint density at radius 2 is 2.33 bits per heavy atom. The normalized spacial score (nSPS) is 27.8. The van der Waals surface area contributed by atoms with Crippen molar-refractivity contribution in [3.63, 3.8) is 0 Å². The summed E-state index contributed by atoms with van der Waals surface area (Å²) < 4.78 is 5.11. The molecule has 18 heavy (non-hydrogen) atoms. The SMILES string of the molecule is CC1=CCCN(C(=O)NC2(C(=O)O)CCOC2)C1. The van der Waals surface area contributed by atoms with E-state index in [1.165, 1.54) is 0 Å². The summed E-state index contributed by atoms with van der Waals surface area (Å²) in [4.78, 5) is 25.0. The fourth-order valence-electron chi connectivity index (χ4n) is 2.25. The number of carboxylic acid groups (broad SMARTS) is 1. The van der Waals surface area contributed by atoms with Crippen LogP contribution in [0.2, 0.25) is 0 Å². The number of amides is 2. The van der Waals surface area contributed by atoms with Gasteiger partial charge in [0.25, 0.3) is 0 Å². The smallest absolute Gasteiger partial charge is 0.332 e. The number of aliphatic carboxylic acids is 1. The molecule has 0 radical (unpaired) electrons. The zero-order valence-corrected chi connectivity index (χ0v) is 10.4. The number of ether oxygens (including phenoxy) is 1. The Balaban J connectivity index is 2.02. The molecule has 2 rings (SSSR count). The van der Waals surface area contributed by atoms with E-state index < -0.39 is 11.5 Å². The molecule has 1 atom stereocenters. The third-order valence-electron chi connectivity index (χ3n) is 3.40. The molecule has 2 aliphatic heterocycles. The lowest BCUT2D eigenvalue weighted by molar-refractivity contribution is -0.144. The summed E-state index contributed by atoms with van der Waals surface area (Å²) >= 11 is 0. The lowest BCUT2D eigenvalue weighted by Crippen LogP contribution is -2.59. The van der Waals surface area contributed by atoms with Gasteiger partial charge in [0.2, 0.25) is 0 Å². The number of urea groups is 1. The predicted molar refractivity (Wildman–Crippen MR) is 64.3 cm³/mol. The number of carboxylic acids is 1. The number of nitrogens with zero attached hydrogens (tertiary/aromatic N) is 1. The summed E-state index contributed by atoms with van der Waals surface area (Å²) in [5.74, 6) is -1.03. The summed E-state index contributed by atoms with van der Waals surface area (Å²) in [7, 11) is 0. The largest absolute Gasteiger partial charge is 0.479 e. The third kappa shape index (κ3) is 2.48. The van der Waals surface area contributed by atoms with Crippen molar-refractivity contribution in [2.45, 2.75) is 25.3 Å². The average molecular weight is 254 g/mol. The van der Waals surface area contributed by atoms with Gasteiger partial charge in [-0.15, -0.1) is 0 Å². The average Bonchev–Trinajstić information content (AvgIpc) is 2.79. The maximum absolute atomic E-state index is 12.1. The van der Waals surface area contributed by atoms with Gasteiger partial charge < -0.3 is 20.1 Å². The van der Waals surface area contributed by atoms with Gasteiger partial charge in [0.1, 0.15) is 0 Å². The molecule has 0 aliphatic carbocycles. The summed E-state index contributed by atoms with van der Waals surface area (Å²) in [6, 6.07) is -0.324. The van der Waals surface area contributed by atoms with Gasteiger partial charge in [0, 0.05) is 26.1 Å². The fraction of sp³-hybridized carbons (Fsp3) is 0.667. The van der Waals surface area contributed by atoms with Crippen LogP contribution in [0.15, 0.2) is 11.6 Å². The molecule has 100 valence electrons. The van der Waals surface area contributed by atoms with Gasteiger partial charge in [-0.3, -0.25) is 0 Å². The van der Waals surface area contributed by atoms with Gasteiger partial charge in [-0.1, -0.05) is 11.6 Å². The highest BCUT2D eigenvalue weighted by molar-refractivity contribution is 5.86. The highest BCUT2D eigenvalue weighted by atomic mass is 16.5. The predicted octanol–water partition coefficient (Wildman–Crippen LogP) is 0.592. The first-order valence-corrected chi connectivity index (χ1v) is 6.07. The van der Waals surface area contributed by atoms with E-state index in [9.17, 15) is 14.7 Å². The molecule has 2 amide bonds. The van der Waals surface area contributed by atoms with Crippen LogP contribution in [0, 0.1) is 0 Å². The van der Waals surface area contributed by atoms with E-state index in [-0.39, 0.29) is 12.6 Å². The van der Waals surface area contributed by atoms with E-state index in [1.54, 1.807) is 4.90 Å². The number of hydrogen-bond donors (Lipinski definition) is 2. The van der Waals surface area contributed by atoms with E-state index in [2.05, 4.69) is 11.4 Å². The molecule has 0 spiro atoms. The van der Waals surface area contributed by atoms with E-state index in [0.717, 1.165) is 12.0 Å². The molecule has 0 saturated carbocycles. The highest BCUT2D eigenvalue weighted by Crippen LogP contribution is 2.20. The van der Waals surface area contributed by atoms with Crippen LogP contribution in [0.1, 0.15) is 19.8 Å². The van der Waals surface area contributed by atoms with Crippen molar-refractivity contribution in [1.82, 2.24) is 10.2 Å².